The second-order valence-corrected chi connectivity index (χ2v) is 3.04. The van der Waals surface area contributed by atoms with Gasteiger partial charge in [-0.3, -0.25) is 0 Å². The summed E-state index contributed by atoms with van der Waals surface area (Å²) < 4.78 is 0. The maximum atomic E-state index is 3.32. The number of nitrogens with one attached hydrogen (secondary N) is 1. The molecule has 0 aromatic heterocycles. The first-order chi connectivity index (χ1) is 5.88. The molecular weight excluding hydrogens is 146 g/mol. The van der Waals surface area contributed by atoms with Gasteiger partial charge in [0, 0.05) is 6.04 Å². The van der Waals surface area contributed by atoms with Gasteiger partial charge in [-0.15, -0.1) is 0 Å². The molecule has 0 amide bonds. The van der Waals surface area contributed by atoms with Crippen LogP contribution in [-0.2, 0) is 0 Å². The van der Waals surface area contributed by atoms with Crippen LogP contribution < -0.4 is 5.32 Å². The zero-order valence-corrected chi connectivity index (χ0v) is 7.88. The summed E-state index contributed by atoms with van der Waals surface area (Å²) in [4.78, 5) is 0. The van der Waals surface area contributed by atoms with Crippen LogP contribution in [0.25, 0.3) is 0 Å². The zero-order chi connectivity index (χ0) is 8.81. The van der Waals surface area contributed by atoms with E-state index < -0.39 is 0 Å². The smallest absolute Gasteiger partial charge is 0.0317 e. The Hall–Kier alpha value is -0.820. The number of hydrogen-bond donors (Lipinski definition) is 1. The van der Waals surface area contributed by atoms with Gasteiger partial charge < -0.3 is 5.32 Å². The van der Waals surface area contributed by atoms with Gasteiger partial charge in [0.2, 0.25) is 0 Å². The first kappa shape index (κ1) is 9.27. The highest BCUT2D eigenvalue weighted by Gasteiger charge is 2.05. The molecule has 1 rings (SSSR count). The highest BCUT2D eigenvalue weighted by Crippen LogP contribution is 2.16. The fourth-order valence-electron chi connectivity index (χ4n) is 1.45. The number of hydrogen-bond acceptors (Lipinski definition) is 1. The van der Waals surface area contributed by atoms with Crippen molar-refractivity contribution in [3.8, 4) is 0 Å². The molecular formula is C11H17N. The topological polar surface area (TPSA) is 12.0 Å². The Kier molecular flexibility index (Phi) is 3.81. The normalized spacial score (nSPS) is 12.8. The summed E-state index contributed by atoms with van der Waals surface area (Å²) in [5, 5.41) is 3.32. The van der Waals surface area contributed by atoms with Gasteiger partial charge in [0.25, 0.3) is 0 Å². The van der Waals surface area contributed by atoms with E-state index in [1.54, 1.807) is 0 Å². The molecule has 0 spiro atoms. The van der Waals surface area contributed by atoms with E-state index in [4.69, 9.17) is 0 Å². The minimum absolute atomic E-state index is 0.524. The van der Waals surface area contributed by atoms with Crippen molar-refractivity contribution in [1.29, 1.82) is 0 Å². The van der Waals surface area contributed by atoms with Gasteiger partial charge in [0.1, 0.15) is 0 Å². The lowest BCUT2D eigenvalue weighted by Gasteiger charge is -2.14. The van der Waals surface area contributed by atoms with Gasteiger partial charge in [0.15, 0.2) is 0 Å². The Morgan fingerprint density at radius 1 is 1.25 bits per heavy atom. The lowest BCUT2D eigenvalue weighted by Crippen LogP contribution is -2.15. The molecule has 0 unspecified atom stereocenters. The summed E-state index contributed by atoms with van der Waals surface area (Å²) in [5.41, 5.74) is 1.39. The van der Waals surface area contributed by atoms with Crippen LogP contribution in [0.1, 0.15) is 31.4 Å². The largest absolute Gasteiger partial charge is 0.313 e. The van der Waals surface area contributed by atoms with Crippen LogP contribution >= 0.6 is 0 Å². The van der Waals surface area contributed by atoms with Gasteiger partial charge in [-0.25, -0.2) is 0 Å². The van der Waals surface area contributed by atoms with Crippen LogP contribution in [-0.4, -0.2) is 7.05 Å². The van der Waals surface area contributed by atoms with E-state index in [9.17, 15) is 0 Å². The summed E-state index contributed by atoms with van der Waals surface area (Å²) in [6.07, 6.45) is 2.43. The van der Waals surface area contributed by atoms with Crippen molar-refractivity contribution in [2.24, 2.45) is 0 Å². The van der Waals surface area contributed by atoms with Crippen LogP contribution in [0.3, 0.4) is 0 Å². The SMILES string of the molecule is CCC[C@H](NC)c1ccccc1. The van der Waals surface area contributed by atoms with E-state index in [2.05, 4.69) is 42.6 Å². The van der Waals surface area contributed by atoms with Crippen molar-refractivity contribution in [3.05, 3.63) is 35.9 Å². The Bertz CT molecular complexity index is 206. The minimum atomic E-state index is 0.524. The van der Waals surface area contributed by atoms with Crippen LogP contribution in [0, 0.1) is 0 Å². The van der Waals surface area contributed by atoms with Gasteiger partial charge in [0.05, 0.1) is 0 Å². The maximum Gasteiger partial charge on any atom is 0.0317 e. The predicted molar refractivity (Wildman–Crippen MR) is 53.2 cm³/mol. The highest BCUT2D eigenvalue weighted by molar-refractivity contribution is 5.18. The molecule has 0 aliphatic rings. The van der Waals surface area contributed by atoms with Crippen molar-refractivity contribution < 1.29 is 0 Å². The average Bonchev–Trinajstić information content (AvgIpc) is 2.15. The van der Waals surface area contributed by atoms with Crippen molar-refractivity contribution >= 4 is 0 Å². The van der Waals surface area contributed by atoms with E-state index in [1.807, 2.05) is 7.05 Å². The Balaban J connectivity index is 2.66. The molecule has 0 saturated carbocycles. The second-order valence-electron chi connectivity index (χ2n) is 3.04. The lowest BCUT2D eigenvalue weighted by atomic mass is 10.0. The van der Waals surface area contributed by atoms with E-state index in [0.29, 0.717) is 6.04 Å². The molecule has 66 valence electrons. The quantitative estimate of drug-likeness (QED) is 0.719. The highest BCUT2D eigenvalue weighted by atomic mass is 14.9. The summed E-state index contributed by atoms with van der Waals surface area (Å²) in [7, 11) is 2.02. The van der Waals surface area contributed by atoms with Crippen LogP contribution in [0.4, 0.5) is 0 Å². The van der Waals surface area contributed by atoms with Crippen LogP contribution in [0.15, 0.2) is 30.3 Å². The molecule has 12 heavy (non-hydrogen) atoms. The predicted octanol–water partition coefficient (Wildman–Crippen LogP) is 2.75. The van der Waals surface area contributed by atoms with Crippen molar-refractivity contribution in [1.82, 2.24) is 5.32 Å². The molecule has 0 saturated heterocycles. The maximum absolute atomic E-state index is 3.32. The first-order valence-corrected chi connectivity index (χ1v) is 4.60. The number of rotatable bonds is 4. The van der Waals surface area contributed by atoms with Crippen molar-refractivity contribution in [2.75, 3.05) is 7.05 Å². The molecule has 1 N–H and O–H groups in total. The van der Waals surface area contributed by atoms with E-state index in [1.165, 1.54) is 18.4 Å². The fraction of sp³-hybridized carbons (Fsp3) is 0.455. The Labute approximate surface area is 74.8 Å². The average molecular weight is 163 g/mol. The molecule has 1 aromatic carbocycles. The standard InChI is InChI=1S/C11H17N/c1-3-7-11(12-2)10-8-5-4-6-9-10/h4-6,8-9,11-12H,3,7H2,1-2H3/t11-/m0/s1. The van der Waals surface area contributed by atoms with E-state index in [-0.39, 0.29) is 0 Å². The van der Waals surface area contributed by atoms with Gasteiger partial charge in [-0.2, -0.15) is 0 Å². The molecule has 1 nitrogen and oxygen atoms in total. The molecule has 0 aliphatic heterocycles. The van der Waals surface area contributed by atoms with E-state index >= 15 is 0 Å². The van der Waals surface area contributed by atoms with E-state index in [0.717, 1.165) is 0 Å². The molecule has 0 fully saturated rings. The molecule has 0 bridgehead atoms. The Morgan fingerprint density at radius 3 is 2.42 bits per heavy atom. The van der Waals surface area contributed by atoms with Gasteiger partial charge in [-0.05, 0) is 19.0 Å². The summed E-state index contributed by atoms with van der Waals surface area (Å²) in [5.74, 6) is 0. The second kappa shape index (κ2) is 4.94. The van der Waals surface area contributed by atoms with Crippen LogP contribution in [0.5, 0.6) is 0 Å². The third kappa shape index (κ3) is 2.35. The summed E-state index contributed by atoms with van der Waals surface area (Å²) in [6.45, 7) is 2.22. The first-order valence-electron chi connectivity index (χ1n) is 4.60. The third-order valence-corrected chi connectivity index (χ3v) is 2.13. The third-order valence-electron chi connectivity index (χ3n) is 2.13. The van der Waals surface area contributed by atoms with Crippen LogP contribution in [0.2, 0.25) is 0 Å². The van der Waals surface area contributed by atoms with Gasteiger partial charge in [-0.1, -0.05) is 43.7 Å². The summed E-state index contributed by atoms with van der Waals surface area (Å²) in [6, 6.07) is 11.1. The molecule has 1 aromatic rings. The molecule has 1 heteroatoms. The molecule has 0 radical (unpaired) electrons. The molecule has 0 heterocycles. The minimum Gasteiger partial charge on any atom is -0.313 e. The monoisotopic (exact) mass is 163 g/mol. The molecule has 0 aliphatic carbocycles. The zero-order valence-electron chi connectivity index (χ0n) is 7.88. The van der Waals surface area contributed by atoms with Gasteiger partial charge >= 0.3 is 0 Å². The summed E-state index contributed by atoms with van der Waals surface area (Å²) >= 11 is 0. The fourth-order valence-corrected chi connectivity index (χ4v) is 1.45. The lowest BCUT2D eigenvalue weighted by molar-refractivity contribution is 0.541. The van der Waals surface area contributed by atoms with Crippen molar-refractivity contribution in [2.45, 2.75) is 25.8 Å². The molecule has 1 atom stereocenters. The Morgan fingerprint density at radius 2 is 1.92 bits per heavy atom. The number of benzene rings is 1. The van der Waals surface area contributed by atoms with Crippen molar-refractivity contribution in [3.63, 3.8) is 0 Å².